The fourth-order valence-corrected chi connectivity index (χ4v) is 2.68. The van der Waals surface area contributed by atoms with Gasteiger partial charge in [0.25, 0.3) is 5.95 Å². The predicted octanol–water partition coefficient (Wildman–Crippen LogP) is 1.03. The molecule has 0 fully saturated rings. The number of hydrogen-bond donors (Lipinski definition) is 1. The summed E-state index contributed by atoms with van der Waals surface area (Å²) in [6.45, 7) is 7.91. The van der Waals surface area contributed by atoms with E-state index < -0.39 is 0 Å². The first-order valence-electron chi connectivity index (χ1n) is 8.53. The number of aryl methyl sites for hydroxylation is 3. The van der Waals surface area contributed by atoms with Crippen LogP contribution in [0.25, 0.3) is 5.95 Å². The lowest BCUT2D eigenvalue weighted by atomic mass is 10.1. The Balaban J connectivity index is 2.10. The highest BCUT2D eigenvalue weighted by Gasteiger charge is 2.17. The molecule has 0 bridgehead atoms. The van der Waals surface area contributed by atoms with Crippen LogP contribution in [-0.4, -0.2) is 57.1 Å². The molecule has 2 rings (SSSR count). The summed E-state index contributed by atoms with van der Waals surface area (Å²) in [5.74, 6) is 0.354. The Kier molecular flexibility index (Phi) is 6.07. The number of nitrogens with zero attached hydrogens (tertiary/aromatic N) is 5. The molecule has 0 unspecified atom stereocenters. The van der Waals surface area contributed by atoms with Crippen molar-refractivity contribution in [2.24, 2.45) is 0 Å². The van der Waals surface area contributed by atoms with E-state index in [1.807, 2.05) is 33.8 Å². The lowest BCUT2D eigenvalue weighted by Crippen LogP contribution is -2.31. The number of amides is 2. The van der Waals surface area contributed by atoms with Crippen LogP contribution in [-0.2, 0) is 16.0 Å². The van der Waals surface area contributed by atoms with Gasteiger partial charge in [0.1, 0.15) is 0 Å². The standard InChI is InChI=1S/C18H26N6O2/c1-11-9-12(2)21-18(20-11)24-14(4)15(13(3)22-24)10-16(25)19-8-7-17(26)23(5)6/h9H,7-8,10H2,1-6H3,(H,19,25). The number of nitrogens with one attached hydrogen (secondary N) is 1. The number of hydrogen-bond acceptors (Lipinski definition) is 5. The van der Waals surface area contributed by atoms with Crippen molar-refractivity contribution in [3.8, 4) is 5.95 Å². The second kappa shape index (κ2) is 8.07. The molecule has 140 valence electrons. The molecular weight excluding hydrogens is 332 g/mol. The van der Waals surface area contributed by atoms with Crippen LogP contribution in [0.3, 0.4) is 0 Å². The zero-order valence-electron chi connectivity index (χ0n) is 16.3. The lowest BCUT2D eigenvalue weighted by molar-refractivity contribution is -0.128. The molecule has 0 spiro atoms. The summed E-state index contributed by atoms with van der Waals surface area (Å²) in [5, 5.41) is 7.28. The Bertz CT molecular complexity index is 805. The molecule has 8 heteroatoms. The molecule has 0 aliphatic heterocycles. The highest BCUT2D eigenvalue weighted by Crippen LogP contribution is 2.17. The molecule has 2 aromatic rings. The van der Waals surface area contributed by atoms with Crippen LogP contribution in [0.5, 0.6) is 0 Å². The topological polar surface area (TPSA) is 93.0 Å². The van der Waals surface area contributed by atoms with Gasteiger partial charge in [0.05, 0.1) is 12.1 Å². The minimum Gasteiger partial charge on any atom is -0.355 e. The Hall–Kier alpha value is -2.77. The third kappa shape index (κ3) is 4.65. The average Bonchev–Trinajstić information content (AvgIpc) is 2.82. The molecule has 0 atom stereocenters. The van der Waals surface area contributed by atoms with Crippen LogP contribution in [0.2, 0.25) is 0 Å². The molecule has 2 amide bonds. The monoisotopic (exact) mass is 358 g/mol. The van der Waals surface area contributed by atoms with Gasteiger partial charge in [-0.3, -0.25) is 9.59 Å². The maximum Gasteiger partial charge on any atom is 0.251 e. The van der Waals surface area contributed by atoms with E-state index in [-0.39, 0.29) is 24.7 Å². The molecule has 2 heterocycles. The largest absolute Gasteiger partial charge is 0.355 e. The van der Waals surface area contributed by atoms with E-state index in [0.717, 1.165) is 28.3 Å². The summed E-state index contributed by atoms with van der Waals surface area (Å²) in [7, 11) is 3.39. The SMILES string of the molecule is Cc1cc(C)nc(-n2nc(C)c(CC(=O)NCCC(=O)N(C)C)c2C)n1. The summed E-state index contributed by atoms with van der Waals surface area (Å²) in [5.41, 5.74) is 4.19. The molecule has 0 saturated heterocycles. The second-order valence-electron chi connectivity index (χ2n) is 6.58. The first-order chi connectivity index (χ1) is 12.2. The van der Waals surface area contributed by atoms with Gasteiger partial charge in [-0.25, -0.2) is 14.6 Å². The summed E-state index contributed by atoms with van der Waals surface area (Å²) in [6, 6.07) is 1.90. The van der Waals surface area contributed by atoms with Gasteiger partial charge in [-0.2, -0.15) is 5.10 Å². The smallest absolute Gasteiger partial charge is 0.251 e. The molecule has 0 aromatic carbocycles. The molecule has 0 saturated carbocycles. The van der Waals surface area contributed by atoms with Crippen LogP contribution < -0.4 is 5.32 Å². The summed E-state index contributed by atoms with van der Waals surface area (Å²) in [6.07, 6.45) is 0.491. The first-order valence-corrected chi connectivity index (χ1v) is 8.53. The van der Waals surface area contributed by atoms with Crippen molar-refractivity contribution in [3.63, 3.8) is 0 Å². The molecule has 1 N–H and O–H groups in total. The maximum absolute atomic E-state index is 12.2. The Labute approximate surface area is 153 Å². The van der Waals surface area contributed by atoms with Crippen LogP contribution in [0, 0.1) is 27.7 Å². The molecular formula is C18H26N6O2. The highest BCUT2D eigenvalue weighted by molar-refractivity contribution is 5.80. The van der Waals surface area contributed by atoms with Crippen LogP contribution in [0.15, 0.2) is 6.07 Å². The van der Waals surface area contributed by atoms with E-state index in [0.29, 0.717) is 12.5 Å². The van der Waals surface area contributed by atoms with Crippen molar-refractivity contribution >= 4 is 11.8 Å². The van der Waals surface area contributed by atoms with Crippen molar-refractivity contribution < 1.29 is 9.59 Å². The van der Waals surface area contributed by atoms with Gasteiger partial charge in [0.2, 0.25) is 11.8 Å². The fourth-order valence-electron chi connectivity index (χ4n) is 2.68. The van der Waals surface area contributed by atoms with Crippen LogP contribution in [0.4, 0.5) is 0 Å². The highest BCUT2D eigenvalue weighted by atomic mass is 16.2. The predicted molar refractivity (Wildman–Crippen MR) is 98.1 cm³/mol. The number of rotatable bonds is 6. The third-order valence-electron chi connectivity index (χ3n) is 4.10. The van der Waals surface area contributed by atoms with Gasteiger partial charge < -0.3 is 10.2 Å². The van der Waals surface area contributed by atoms with Gasteiger partial charge in [-0.15, -0.1) is 0 Å². The lowest BCUT2D eigenvalue weighted by Gasteiger charge is -2.10. The molecule has 0 aliphatic carbocycles. The Morgan fingerprint density at radius 3 is 2.31 bits per heavy atom. The molecule has 2 aromatic heterocycles. The summed E-state index contributed by atoms with van der Waals surface area (Å²) in [4.78, 5) is 34.1. The van der Waals surface area contributed by atoms with Crippen molar-refractivity contribution in [2.75, 3.05) is 20.6 Å². The first kappa shape index (κ1) is 19.6. The maximum atomic E-state index is 12.2. The zero-order valence-corrected chi connectivity index (χ0v) is 16.3. The van der Waals surface area contributed by atoms with E-state index in [2.05, 4.69) is 20.4 Å². The third-order valence-corrected chi connectivity index (χ3v) is 4.10. The van der Waals surface area contributed by atoms with E-state index in [4.69, 9.17) is 0 Å². The molecule has 0 radical (unpaired) electrons. The van der Waals surface area contributed by atoms with Gasteiger partial charge >= 0.3 is 0 Å². The van der Waals surface area contributed by atoms with Gasteiger partial charge in [0.15, 0.2) is 0 Å². The minimum absolute atomic E-state index is 0.0163. The number of carbonyl (C=O) groups is 2. The molecule has 26 heavy (non-hydrogen) atoms. The van der Waals surface area contributed by atoms with Gasteiger partial charge in [-0.1, -0.05) is 0 Å². The molecule has 0 aliphatic rings. The second-order valence-corrected chi connectivity index (χ2v) is 6.58. The average molecular weight is 358 g/mol. The van der Waals surface area contributed by atoms with E-state index in [9.17, 15) is 9.59 Å². The van der Waals surface area contributed by atoms with E-state index in [1.54, 1.807) is 18.8 Å². The quantitative estimate of drug-likeness (QED) is 0.833. The summed E-state index contributed by atoms with van der Waals surface area (Å²) >= 11 is 0. The van der Waals surface area contributed by atoms with E-state index >= 15 is 0 Å². The summed E-state index contributed by atoms with van der Waals surface area (Å²) < 4.78 is 1.67. The Morgan fingerprint density at radius 2 is 1.73 bits per heavy atom. The van der Waals surface area contributed by atoms with Gasteiger partial charge in [-0.05, 0) is 33.8 Å². The van der Waals surface area contributed by atoms with Crippen LogP contribution >= 0.6 is 0 Å². The van der Waals surface area contributed by atoms with E-state index in [1.165, 1.54) is 4.90 Å². The van der Waals surface area contributed by atoms with Crippen molar-refractivity contribution in [1.29, 1.82) is 0 Å². The van der Waals surface area contributed by atoms with Crippen molar-refractivity contribution in [1.82, 2.24) is 30.0 Å². The molecule has 8 nitrogen and oxygen atoms in total. The zero-order chi connectivity index (χ0) is 19.4. The Morgan fingerprint density at radius 1 is 1.12 bits per heavy atom. The normalized spacial score (nSPS) is 10.7. The van der Waals surface area contributed by atoms with Crippen molar-refractivity contribution in [3.05, 3.63) is 34.4 Å². The number of carbonyl (C=O) groups excluding carboxylic acids is 2. The fraction of sp³-hybridized carbons (Fsp3) is 0.500. The van der Waals surface area contributed by atoms with Crippen LogP contribution in [0.1, 0.15) is 34.8 Å². The minimum atomic E-state index is -0.136. The van der Waals surface area contributed by atoms with Crippen molar-refractivity contribution in [2.45, 2.75) is 40.5 Å². The van der Waals surface area contributed by atoms with Gasteiger partial charge in [0, 0.05) is 49.7 Å². The number of aromatic nitrogens is 4.